The first-order chi connectivity index (χ1) is 15.0. The van der Waals surface area contributed by atoms with Crippen LogP contribution in [0.15, 0.2) is 42.7 Å². The molecule has 0 bridgehead atoms. The summed E-state index contributed by atoms with van der Waals surface area (Å²) in [5.74, 6) is 0.00625. The van der Waals surface area contributed by atoms with Crippen LogP contribution in [-0.2, 0) is 7.05 Å². The molecule has 3 heterocycles. The molecule has 1 amide bonds. The zero-order valence-corrected chi connectivity index (χ0v) is 19.0. The van der Waals surface area contributed by atoms with Gasteiger partial charge in [-0.2, -0.15) is 10.6 Å². The molecule has 3 N–H and O–H groups in total. The van der Waals surface area contributed by atoms with Gasteiger partial charge in [0.25, 0.3) is 5.91 Å². The number of ether oxygens (including phenoxy) is 1. The molecule has 2 aromatic heterocycles. The van der Waals surface area contributed by atoms with Gasteiger partial charge < -0.3 is 19.5 Å². The zero-order chi connectivity index (χ0) is 23.1. The van der Waals surface area contributed by atoms with Crippen molar-refractivity contribution in [3.05, 3.63) is 48.3 Å². The molecule has 0 unspecified atom stereocenters. The molecule has 8 nitrogen and oxygen atoms in total. The Morgan fingerprint density at radius 3 is 2.58 bits per heavy atom. The van der Waals surface area contributed by atoms with Crippen molar-refractivity contribution in [2.75, 3.05) is 29.9 Å². The number of aromatic nitrogens is 2. The van der Waals surface area contributed by atoms with Gasteiger partial charge in [0.1, 0.15) is 11.6 Å². The van der Waals surface area contributed by atoms with E-state index in [0.717, 1.165) is 0 Å². The summed E-state index contributed by atoms with van der Waals surface area (Å²) in [6, 6.07) is 7.15. The van der Waals surface area contributed by atoms with Crippen LogP contribution >= 0.6 is 23.0 Å². The minimum atomic E-state index is -4.80. The molecule has 33 heavy (non-hydrogen) atoms. The van der Waals surface area contributed by atoms with Gasteiger partial charge in [0, 0.05) is 49.7 Å². The van der Waals surface area contributed by atoms with Gasteiger partial charge in [-0.05, 0) is 18.2 Å². The number of aryl methyl sites for hydroxylation is 1. The molecular formula is C20H22ClF3N4O4S. The van der Waals surface area contributed by atoms with E-state index in [2.05, 4.69) is 15.0 Å². The number of amides is 1. The van der Waals surface area contributed by atoms with Crippen molar-refractivity contribution in [1.29, 1.82) is 0 Å². The molecule has 1 aromatic carbocycles. The summed E-state index contributed by atoms with van der Waals surface area (Å²) >= 11 is 0. The van der Waals surface area contributed by atoms with E-state index in [-0.39, 0.29) is 48.7 Å². The molecule has 0 radical (unpaired) electrons. The van der Waals surface area contributed by atoms with Gasteiger partial charge in [-0.25, -0.2) is 4.98 Å². The number of halogens is 4. The van der Waals surface area contributed by atoms with Crippen LogP contribution in [0, 0.1) is 0 Å². The Labute approximate surface area is 195 Å². The lowest BCUT2D eigenvalue weighted by Gasteiger charge is -2.40. The number of fused-ring (bicyclic) bond motifs is 1. The monoisotopic (exact) mass is 506 g/mol. The Kier molecular flexibility index (Phi) is 7.03. The fourth-order valence-electron chi connectivity index (χ4n) is 3.58. The SMILES string of the molecule is Cl.Cn1ccc2c(Nc3cccc(OC(F)(F)F)c3)ncc(C(=O)N3CCS(O)(O)CC3)c21. The highest BCUT2D eigenvalue weighted by atomic mass is 35.5. The first-order valence-corrected chi connectivity index (χ1v) is 11.5. The van der Waals surface area contributed by atoms with Crippen molar-refractivity contribution in [2.45, 2.75) is 6.36 Å². The molecule has 1 aliphatic rings. The zero-order valence-electron chi connectivity index (χ0n) is 17.4. The van der Waals surface area contributed by atoms with Gasteiger partial charge in [-0.3, -0.25) is 13.9 Å². The van der Waals surface area contributed by atoms with Crippen LogP contribution in [0.25, 0.3) is 10.9 Å². The van der Waals surface area contributed by atoms with Crippen LogP contribution in [0.4, 0.5) is 24.7 Å². The molecule has 0 aliphatic carbocycles. The van der Waals surface area contributed by atoms with E-state index in [1.54, 1.807) is 34.8 Å². The number of alkyl halides is 3. The Balaban J connectivity index is 0.00000306. The number of pyridine rings is 1. The van der Waals surface area contributed by atoms with Crippen molar-refractivity contribution in [1.82, 2.24) is 14.5 Å². The highest BCUT2D eigenvalue weighted by Crippen LogP contribution is 2.40. The van der Waals surface area contributed by atoms with Gasteiger partial charge in [0.2, 0.25) is 0 Å². The molecule has 4 rings (SSSR count). The highest BCUT2D eigenvalue weighted by molar-refractivity contribution is 8.24. The van der Waals surface area contributed by atoms with Crippen LogP contribution in [0.5, 0.6) is 5.75 Å². The van der Waals surface area contributed by atoms with Crippen LogP contribution in [0.2, 0.25) is 0 Å². The highest BCUT2D eigenvalue weighted by Gasteiger charge is 2.31. The molecule has 0 atom stereocenters. The molecule has 3 aromatic rings. The summed E-state index contributed by atoms with van der Waals surface area (Å²) in [6.45, 7) is 0.470. The average molecular weight is 507 g/mol. The van der Waals surface area contributed by atoms with Gasteiger partial charge in [0.15, 0.2) is 0 Å². The first kappa shape index (κ1) is 25.0. The number of hydrogen-bond acceptors (Lipinski definition) is 6. The maximum absolute atomic E-state index is 13.1. The van der Waals surface area contributed by atoms with Gasteiger partial charge in [0.05, 0.1) is 22.6 Å². The minimum absolute atomic E-state index is 0. The van der Waals surface area contributed by atoms with E-state index in [1.807, 2.05) is 0 Å². The number of rotatable bonds is 4. The van der Waals surface area contributed by atoms with Crippen molar-refractivity contribution < 1.29 is 31.8 Å². The average Bonchev–Trinajstić information content (AvgIpc) is 3.09. The second kappa shape index (κ2) is 9.29. The third kappa shape index (κ3) is 5.64. The Morgan fingerprint density at radius 2 is 1.91 bits per heavy atom. The predicted molar refractivity (Wildman–Crippen MR) is 123 cm³/mol. The van der Waals surface area contributed by atoms with E-state index in [0.29, 0.717) is 28.0 Å². The lowest BCUT2D eigenvalue weighted by Crippen LogP contribution is -2.42. The molecule has 13 heteroatoms. The topological polar surface area (TPSA) is 99.9 Å². The van der Waals surface area contributed by atoms with Crippen molar-refractivity contribution in [3.63, 3.8) is 0 Å². The summed E-state index contributed by atoms with van der Waals surface area (Å²) in [5.41, 5.74) is 1.29. The Morgan fingerprint density at radius 1 is 1.21 bits per heavy atom. The number of nitrogens with one attached hydrogen (secondary N) is 1. The molecule has 1 fully saturated rings. The van der Waals surface area contributed by atoms with E-state index in [4.69, 9.17) is 0 Å². The summed E-state index contributed by atoms with van der Waals surface area (Å²) in [4.78, 5) is 19.0. The molecule has 0 saturated carbocycles. The van der Waals surface area contributed by atoms with Crippen molar-refractivity contribution >= 4 is 51.3 Å². The second-order valence-electron chi connectivity index (χ2n) is 7.41. The first-order valence-electron chi connectivity index (χ1n) is 9.62. The van der Waals surface area contributed by atoms with E-state index in [9.17, 15) is 27.1 Å². The number of hydrogen-bond donors (Lipinski definition) is 3. The molecule has 0 spiro atoms. The fourth-order valence-corrected chi connectivity index (χ4v) is 4.81. The number of carbonyl (C=O) groups is 1. The maximum atomic E-state index is 13.1. The summed E-state index contributed by atoms with van der Waals surface area (Å²) in [7, 11) is -0.862. The largest absolute Gasteiger partial charge is 0.573 e. The Bertz CT molecular complexity index is 1160. The van der Waals surface area contributed by atoms with Crippen LogP contribution in [0.1, 0.15) is 10.4 Å². The second-order valence-corrected chi connectivity index (χ2v) is 9.83. The molecule has 1 aliphatic heterocycles. The number of benzene rings is 1. The quantitative estimate of drug-likeness (QED) is 0.468. The van der Waals surface area contributed by atoms with E-state index in [1.165, 1.54) is 24.4 Å². The summed E-state index contributed by atoms with van der Waals surface area (Å²) < 4.78 is 62.8. The molecule has 180 valence electrons. The lowest BCUT2D eigenvalue weighted by molar-refractivity contribution is -0.274. The van der Waals surface area contributed by atoms with Gasteiger partial charge in [-0.1, -0.05) is 6.07 Å². The predicted octanol–water partition coefficient (Wildman–Crippen LogP) is 4.84. The molecular weight excluding hydrogens is 485 g/mol. The standard InChI is InChI=1S/C20H21F3N4O4S.ClH/c1-26-6-5-15-17(26)16(19(28)27-7-9-32(29,30)10-8-27)12-24-18(15)25-13-3-2-4-14(11-13)31-20(21,22)23;/h2-6,11-12,29-30H,7-10H2,1H3,(H,24,25);1H. The van der Waals surface area contributed by atoms with Crippen LogP contribution in [0.3, 0.4) is 0 Å². The van der Waals surface area contributed by atoms with Crippen molar-refractivity contribution in [2.24, 2.45) is 7.05 Å². The minimum Gasteiger partial charge on any atom is -0.406 e. The van der Waals surface area contributed by atoms with E-state index >= 15 is 0 Å². The third-order valence-electron chi connectivity index (χ3n) is 5.13. The number of carbonyl (C=O) groups excluding carboxylic acids is 1. The number of nitrogens with zero attached hydrogens (tertiary/aromatic N) is 3. The summed E-state index contributed by atoms with van der Waals surface area (Å²) in [6.07, 6.45) is -1.63. The van der Waals surface area contributed by atoms with E-state index < -0.39 is 17.0 Å². The van der Waals surface area contributed by atoms with Gasteiger partial charge >= 0.3 is 6.36 Å². The van der Waals surface area contributed by atoms with Crippen LogP contribution in [-0.4, -0.2) is 60.4 Å². The van der Waals surface area contributed by atoms with Crippen LogP contribution < -0.4 is 10.1 Å². The normalized spacial score (nSPS) is 16.7. The maximum Gasteiger partial charge on any atom is 0.573 e. The Hall–Kier alpha value is -2.67. The molecule has 1 saturated heterocycles. The van der Waals surface area contributed by atoms with Gasteiger partial charge in [-0.15, -0.1) is 25.6 Å². The number of anilines is 2. The summed E-state index contributed by atoms with van der Waals surface area (Å²) in [5, 5.41) is 3.60. The fraction of sp³-hybridized carbons (Fsp3) is 0.300. The van der Waals surface area contributed by atoms with Crippen molar-refractivity contribution in [3.8, 4) is 5.75 Å². The smallest absolute Gasteiger partial charge is 0.406 e. The third-order valence-corrected chi connectivity index (χ3v) is 6.80. The lowest BCUT2D eigenvalue weighted by atomic mass is 10.1.